The number of aromatic nitrogens is 1. The lowest BCUT2D eigenvalue weighted by Crippen LogP contribution is -2.21. The van der Waals surface area contributed by atoms with Crippen LogP contribution in [-0.2, 0) is 0 Å². The van der Waals surface area contributed by atoms with Gasteiger partial charge in [-0.1, -0.05) is 0 Å². The second kappa shape index (κ2) is 3.36. The standard InChI is InChI=1S/C6H8BNO3/c1-5-6(11-7(9)10)3-2-4-8-5/h2-4,9-10H,1H3/i1D3. The molecule has 0 aromatic carbocycles. The van der Waals surface area contributed by atoms with Gasteiger partial charge in [-0.25, -0.2) is 0 Å². The van der Waals surface area contributed by atoms with Crippen LogP contribution in [0.15, 0.2) is 18.3 Å². The molecule has 0 saturated heterocycles. The molecular formula is C6H8BNO3. The van der Waals surface area contributed by atoms with Crippen LogP contribution in [0.1, 0.15) is 9.81 Å². The van der Waals surface area contributed by atoms with Crippen molar-refractivity contribution >= 4 is 7.32 Å². The molecule has 5 heteroatoms. The summed E-state index contributed by atoms with van der Waals surface area (Å²) in [5.74, 6) is -0.164. The highest BCUT2D eigenvalue weighted by atomic mass is 16.6. The first kappa shape index (κ1) is 4.74. The van der Waals surface area contributed by atoms with Crippen LogP contribution in [0.25, 0.3) is 0 Å². The molecule has 2 N–H and O–H groups in total. The largest absolute Gasteiger partial charge is 0.707 e. The third kappa shape index (κ3) is 2.21. The van der Waals surface area contributed by atoms with E-state index in [-0.39, 0.29) is 11.4 Å². The fourth-order valence-electron chi connectivity index (χ4n) is 0.599. The van der Waals surface area contributed by atoms with Crippen molar-refractivity contribution in [3.05, 3.63) is 24.0 Å². The molecule has 0 aliphatic carbocycles. The van der Waals surface area contributed by atoms with Gasteiger partial charge in [0.15, 0.2) is 0 Å². The molecule has 0 unspecified atom stereocenters. The summed E-state index contributed by atoms with van der Waals surface area (Å²) in [5.41, 5.74) is -0.298. The highest BCUT2D eigenvalue weighted by molar-refractivity contribution is 6.33. The summed E-state index contributed by atoms with van der Waals surface area (Å²) < 4.78 is 25.7. The summed E-state index contributed by atoms with van der Waals surface area (Å²) >= 11 is 0. The van der Waals surface area contributed by atoms with Crippen molar-refractivity contribution in [1.82, 2.24) is 4.98 Å². The zero-order valence-corrected chi connectivity index (χ0v) is 5.56. The first-order valence-corrected chi connectivity index (χ1v) is 2.89. The van der Waals surface area contributed by atoms with Crippen LogP contribution >= 0.6 is 0 Å². The first-order valence-electron chi connectivity index (χ1n) is 4.39. The van der Waals surface area contributed by atoms with Gasteiger partial charge in [0.2, 0.25) is 0 Å². The van der Waals surface area contributed by atoms with Gasteiger partial charge in [0.1, 0.15) is 5.75 Å². The molecule has 0 fully saturated rings. The zero-order valence-electron chi connectivity index (χ0n) is 8.56. The third-order valence-corrected chi connectivity index (χ3v) is 1.00. The molecule has 1 aromatic rings. The predicted octanol–water partition coefficient (Wildman–Crippen LogP) is -0.262. The van der Waals surface area contributed by atoms with Gasteiger partial charge in [0, 0.05) is 10.3 Å². The van der Waals surface area contributed by atoms with Crippen LogP contribution in [0.3, 0.4) is 0 Å². The van der Waals surface area contributed by atoms with Crippen LogP contribution in [-0.4, -0.2) is 22.4 Å². The van der Waals surface area contributed by atoms with Gasteiger partial charge < -0.3 is 14.7 Å². The predicted molar refractivity (Wildman–Crippen MR) is 39.8 cm³/mol. The molecule has 0 bridgehead atoms. The summed E-state index contributed by atoms with van der Waals surface area (Å²) in [7, 11) is -2.06. The van der Waals surface area contributed by atoms with Crippen LogP contribution < -0.4 is 4.65 Å². The average Bonchev–Trinajstić information content (AvgIpc) is 2.01. The SMILES string of the molecule is [2H]C([2H])([2H])c1ncccc1OB(O)O. The summed E-state index contributed by atoms with van der Waals surface area (Å²) in [6.45, 7) is -2.44. The van der Waals surface area contributed by atoms with Crippen molar-refractivity contribution in [2.45, 2.75) is 6.85 Å². The summed E-state index contributed by atoms with van der Waals surface area (Å²) in [6.07, 6.45) is 1.29. The smallest absolute Gasteiger partial charge is 0.510 e. The van der Waals surface area contributed by atoms with Crippen LogP contribution in [0.5, 0.6) is 5.75 Å². The van der Waals surface area contributed by atoms with Gasteiger partial charge in [-0.3, -0.25) is 4.98 Å². The van der Waals surface area contributed by atoms with Crippen molar-refractivity contribution in [2.75, 3.05) is 0 Å². The van der Waals surface area contributed by atoms with E-state index >= 15 is 0 Å². The Morgan fingerprint density at radius 2 is 2.55 bits per heavy atom. The molecule has 0 aliphatic heterocycles. The Morgan fingerprint density at radius 1 is 1.73 bits per heavy atom. The Morgan fingerprint density at radius 3 is 3.18 bits per heavy atom. The van der Waals surface area contributed by atoms with E-state index in [1.54, 1.807) is 0 Å². The van der Waals surface area contributed by atoms with Gasteiger partial charge in [0.05, 0.1) is 5.69 Å². The van der Waals surface area contributed by atoms with Gasteiger partial charge in [0.25, 0.3) is 0 Å². The lowest BCUT2D eigenvalue weighted by Gasteiger charge is -2.05. The molecule has 58 valence electrons. The Labute approximate surface area is 68.9 Å². The minimum atomic E-state index is -2.44. The normalized spacial score (nSPS) is 14.5. The quantitative estimate of drug-likeness (QED) is 0.579. The number of nitrogens with zero attached hydrogens (tertiary/aromatic N) is 1. The Hall–Kier alpha value is -1.07. The lowest BCUT2D eigenvalue weighted by atomic mass is 10.2. The fraction of sp³-hybridized carbons (Fsp3) is 0.167. The number of hydrogen-bond donors (Lipinski definition) is 2. The third-order valence-electron chi connectivity index (χ3n) is 1.00. The average molecular weight is 156 g/mol. The molecule has 0 amide bonds. The van der Waals surface area contributed by atoms with E-state index in [2.05, 4.69) is 9.64 Å². The van der Waals surface area contributed by atoms with E-state index in [0.29, 0.717) is 0 Å². The number of hydrogen-bond acceptors (Lipinski definition) is 4. The Bertz CT molecular complexity index is 317. The van der Waals surface area contributed by atoms with E-state index < -0.39 is 14.2 Å². The molecule has 11 heavy (non-hydrogen) atoms. The van der Waals surface area contributed by atoms with Crippen LogP contribution in [0, 0.1) is 6.85 Å². The molecular weight excluding hydrogens is 145 g/mol. The van der Waals surface area contributed by atoms with Gasteiger partial charge in [-0.2, -0.15) is 0 Å². The maximum Gasteiger partial charge on any atom is 0.707 e. The number of pyridine rings is 1. The monoisotopic (exact) mass is 156 g/mol. The molecule has 1 heterocycles. The lowest BCUT2D eigenvalue weighted by molar-refractivity contribution is 0.286. The zero-order chi connectivity index (χ0) is 10.8. The second-order valence-electron chi connectivity index (χ2n) is 1.79. The summed E-state index contributed by atoms with van der Waals surface area (Å²) in [5, 5.41) is 17.0. The van der Waals surface area contributed by atoms with E-state index in [9.17, 15) is 0 Å². The van der Waals surface area contributed by atoms with Crippen molar-refractivity contribution < 1.29 is 18.8 Å². The number of aryl methyl sites for hydroxylation is 1. The maximum absolute atomic E-state index is 8.52. The minimum absolute atomic E-state index is 0.164. The Balaban J connectivity index is 3.04. The molecule has 0 saturated carbocycles. The molecule has 1 rings (SSSR count). The minimum Gasteiger partial charge on any atom is -0.510 e. The van der Waals surface area contributed by atoms with Gasteiger partial charge in [-0.05, 0) is 19.0 Å². The van der Waals surface area contributed by atoms with Gasteiger partial charge >= 0.3 is 7.32 Å². The van der Waals surface area contributed by atoms with Crippen LogP contribution in [0.2, 0.25) is 0 Å². The van der Waals surface area contributed by atoms with E-state index in [1.165, 1.54) is 18.3 Å². The van der Waals surface area contributed by atoms with Crippen molar-refractivity contribution in [1.29, 1.82) is 0 Å². The summed E-state index contributed by atoms with van der Waals surface area (Å²) in [4.78, 5) is 3.59. The van der Waals surface area contributed by atoms with E-state index in [0.717, 1.165) is 0 Å². The number of rotatable bonds is 2. The molecule has 0 spiro atoms. The van der Waals surface area contributed by atoms with E-state index in [4.69, 9.17) is 14.2 Å². The first-order chi connectivity index (χ1) is 6.41. The molecule has 0 atom stereocenters. The topological polar surface area (TPSA) is 62.6 Å². The van der Waals surface area contributed by atoms with Crippen molar-refractivity contribution in [3.63, 3.8) is 0 Å². The molecule has 4 nitrogen and oxygen atoms in total. The molecule has 0 aliphatic rings. The molecule has 1 aromatic heterocycles. The fourth-order valence-corrected chi connectivity index (χ4v) is 0.599. The van der Waals surface area contributed by atoms with Crippen molar-refractivity contribution in [3.8, 4) is 5.75 Å². The maximum atomic E-state index is 8.52. The highest BCUT2D eigenvalue weighted by Crippen LogP contribution is 2.12. The second-order valence-corrected chi connectivity index (χ2v) is 1.79. The van der Waals surface area contributed by atoms with Crippen LogP contribution in [0.4, 0.5) is 0 Å². The Kier molecular flexibility index (Phi) is 1.45. The van der Waals surface area contributed by atoms with Crippen molar-refractivity contribution in [2.24, 2.45) is 0 Å². The van der Waals surface area contributed by atoms with Gasteiger partial charge in [-0.15, -0.1) is 0 Å². The highest BCUT2D eigenvalue weighted by Gasteiger charge is 2.12. The summed E-state index contributed by atoms with van der Waals surface area (Å²) in [6, 6.07) is 2.74. The molecule has 0 radical (unpaired) electrons. The van der Waals surface area contributed by atoms with E-state index in [1.807, 2.05) is 0 Å².